The summed E-state index contributed by atoms with van der Waals surface area (Å²) in [6.45, 7) is 9.55. The van der Waals surface area contributed by atoms with E-state index in [4.69, 9.17) is 11.6 Å². The van der Waals surface area contributed by atoms with Gasteiger partial charge in [-0.15, -0.1) is 0 Å². The molecule has 25 heavy (non-hydrogen) atoms. The van der Waals surface area contributed by atoms with Crippen molar-refractivity contribution in [2.24, 2.45) is 0 Å². The second-order valence-electron chi connectivity index (χ2n) is 5.89. The quantitative estimate of drug-likeness (QED) is 0.562. The average molecular weight is 361 g/mol. The van der Waals surface area contributed by atoms with Crippen LogP contribution in [0.5, 0.6) is 0 Å². The molecule has 0 aliphatic heterocycles. The summed E-state index contributed by atoms with van der Waals surface area (Å²) >= 11 is 5.98. The van der Waals surface area contributed by atoms with Gasteiger partial charge in [0.15, 0.2) is 0 Å². The van der Waals surface area contributed by atoms with E-state index in [0.29, 0.717) is 29.1 Å². The minimum atomic E-state index is -0.267. The van der Waals surface area contributed by atoms with Crippen LogP contribution in [0.15, 0.2) is 47.5 Å². The van der Waals surface area contributed by atoms with Gasteiger partial charge in [-0.3, -0.25) is 4.79 Å². The Labute approximate surface area is 152 Å². The first-order valence-corrected chi connectivity index (χ1v) is 8.44. The minimum absolute atomic E-state index is 0.244. The standard InChI is InChI=1S/C20H22ClFN2O/c1-5-6-7-15(13(3)21)20(25)23-11-10-16-14(4)24-19-17(22)9-8-12(2)18(16)19/h5-9,24H,1,10-11H2,2-4H3,(H,23,25)/b7-6-,15-13-. The first-order chi connectivity index (χ1) is 11.9. The van der Waals surface area contributed by atoms with Crippen molar-refractivity contribution in [2.75, 3.05) is 6.54 Å². The van der Waals surface area contributed by atoms with Crippen LogP contribution in [-0.4, -0.2) is 17.4 Å². The van der Waals surface area contributed by atoms with Gasteiger partial charge in [0, 0.05) is 22.7 Å². The Morgan fingerprint density at radius 2 is 2.12 bits per heavy atom. The Bertz CT molecular complexity index is 873. The first kappa shape index (κ1) is 19.0. The van der Waals surface area contributed by atoms with Crippen LogP contribution in [0.25, 0.3) is 10.9 Å². The largest absolute Gasteiger partial charge is 0.356 e. The van der Waals surface area contributed by atoms with Crippen LogP contribution >= 0.6 is 11.6 Å². The van der Waals surface area contributed by atoms with Gasteiger partial charge in [0.1, 0.15) is 5.82 Å². The number of hydrogen-bond acceptors (Lipinski definition) is 1. The number of carbonyl (C=O) groups excluding carboxylic acids is 1. The highest BCUT2D eigenvalue weighted by molar-refractivity contribution is 6.31. The van der Waals surface area contributed by atoms with Gasteiger partial charge in [0.25, 0.3) is 5.91 Å². The van der Waals surface area contributed by atoms with Gasteiger partial charge in [0.05, 0.1) is 11.1 Å². The Morgan fingerprint density at radius 3 is 2.76 bits per heavy atom. The van der Waals surface area contributed by atoms with Crippen molar-refractivity contribution < 1.29 is 9.18 Å². The van der Waals surface area contributed by atoms with Crippen molar-refractivity contribution in [1.82, 2.24) is 10.3 Å². The van der Waals surface area contributed by atoms with E-state index in [1.807, 2.05) is 13.8 Å². The highest BCUT2D eigenvalue weighted by Gasteiger charge is 2.15. The maximum atomic E-state index is 14.0. The number of amides is 1. The fourth-order valence-corrected chi connectivity index (χ4v) is 3.01. The lowest BCUT2D eigenvalue weighted by Gasteiger charge is -2.08. The summed E-state index contributed by atoms with van der Waals surface area (Å²) in [5, 5.41) is 4.17. The summed E-state index contributed by atoms with van der Waals surface area (Å²) in [4.78, 5) is 15.4. The molecule has 0 saturated carbocycles. The second-order valence-corrected chi connectivity index (χ2v) is 6.46. The van der Waals surface area contributed by atoms with E-state index in [0.717, 1.165) is 22.2 Å². The summed E-state index contributed by atoms with van der Waals surface area (Å²) in [7, 11) is 0. The molecular weight excluding hydrogens is 339 g/mol. The number of nitrogens with one attached hydrogen (secondary N) is 2. The third-order valence-electron chi connectivity index (χ3n) is 4.11. The number of carbonyl (C=O) groups is 1. The van der Waals surface area contributed by atoms with E-state index in [1.165, 1.54) is 6.07 Å². The predicted octanol–water partition coefficient (Wildman–Crippen LogP) is 4.84. The van der Waals surface area contributed by atoms with Crippen molar-refractivity contribution in [3.63, 3.8) is 0 Å². The number of aromatic nitrogens is 1. The van der Waals surface area contributed by atoms with Gasteiger partial charge in [-0.25, -0.2) is 4.39 Å². The van der Waals surface area contributed by atoms with E-state index < -0.39 is 0 Å². The van der Waals surface area contributed by atoms with Gasteiger partial charge in [0.2, 0.25) is 0 Å². The summed E-state index contributed by atoms with van der Waals surface area (Å²) < 4.78 is 14.0. The monoisotopic (exact) mass is 360 g/mol. The van der Waals surface area contributed by atoms with Crippen LogP contribution in [0.3, 0.4) is 0 Å². The number of allylic oxidation sites excluding steroid dienone is 3. The summed E-state index contributed by atoms with van der Waals surface area (Å²) in [6, 6.07) is 3.23. The molecule has 0 spiro atoms. The SMILES string of the molecule is C=C/C=C\C(C(=O)NCCc1c(C)[nH]c2c(F)ccc(C)c12)=C(/C)Cl. The number of aryl methyl sites for hydroxylation is 2. The molecule has 2 aromatic rings. The Hall–Kier alpha value is -2.33. The lowest BCUT2D eigenvalue weighted by Crippen LogP contribution is -2.27. The first-order valence-electron chi connectivity index (χ1n) is 8.06. The molecule has 132 valence electrons. The number of halogens is 2. The Morgan fingerprint density at radius 1 is 1.40 bits per heavy atom. The van der Waals surface area contributed by atoms with Crippen LogP contribution in [0.1, 0.15) is 23.7 Å². The van der Waals surface area contributed by atoms with E-state index in [-0.39, 0.29) is 11.7 Å². The van der Waals surface area contributed by atoms with Gasteiger partial charge in [-0.2, -0.15) is 0 Å². The van der Waals surface area contributed by atoms with Crippen LogP contribution < -0.4 is 5.32 Å². The molecule has 1 heterocycles. The highest BCUT2D eigenvalue weighted by atomic mass is 35.5. The summed E-state index contributed by atoms with van der Waals surface area (Å²) in [5.74, 6) is -0.512. The lowest BCUT2D eigenvalue weighted by molar-refractivity contribution is -0.117. The van der Waals surface area contributed by atoms with Crippen LogP contribution in [0.2, 0.25) is 0 Å². The molecule has 0 radical (unpaired) electrons. The van der Waals surface area contributed by atoms with Crippen LogP contribution in [-0.2, 0) is 11.2 Å². The highest BCUT2D eigenvalue weighted by Crippen LogP contribution is 2.27. The Kier molecular flexibility index (Phi) is 6.21. The zero-order valence-electron chi connectivity index (χ0n) is 14.7. The molecule has 2 rings (SSSR count). The predicted molar refractivity (Wildman–Crippen MR) is 102 cm³/mol. The molecule has 0 atom stereocenters. The van der Waals surface area contributed by atoms with E-state index in [1.54, 1.807) is 31.2 Å². The molecule has 2 N–H and O–H groups in total. The van der Waals surface area contributed by atoms with Crippen LogP contribution in [0, 0.1) is 19.7 Å². The molecule has 0 aliphatic rings. The molecule has 5 heteroatoms. The van der Waals surface area contributed by atoms with Gasteiger partial charge in [-0.05, 0) is 50.5 Å². The molecule has 3 nitrogen and oxygen atoms in total. The maximum Gasteiger partial charge on any atom is 0.252 e. The third kappa shape index (κ3) is 4.20. The number of benzene rings is 1. The summed E-state index contributed by atoms with van der Waals surface area (Å²) in [5.41, 5.74) is 3.85. The number of H-pyrrole nitrogens is 1. The van der Waals surface area contributed by atoms with E-state index in [2.05, 4.69) is 16.9 Å². The fraction of sp³-hybridized carbons (Fsp3) is 0.250. The Balaban J connectivity index is 2.16. The maximum absolute atomic E-state index is 14.0. The molecule has 1 amide bonds. The van der Waals surface area contributed by atoms with Crippen molar-refractivity contribution in [2.45, 2.75) is 27.2 Å². The van der Waals surface area contributed by atoms with Crippen molar-refractivity contribution >= 4 is 28.4 Å². The number of hydrogen-bond donors (Lipinski definition) is 2. The minimum Gasteiger partial charge on any atom is -0.356 e. The number of fused-ring (bicyclic) bond motifs is 1. The van der Waals surface area contributed by atoms with Crippen LogP contribution in [0.4, 0.5) is 4.39 Å². The molecule has 0 saturated heterocycles. The van der Waals surface area contributed by atoms with Crippen molar-refractivity contribution in [1.29, 1.82) is 0 Å². The second kappa shape index (κ2) is 8.17. The molecule has 0 fully saturated rings. The number of rotatable bonds is 6. The van der Waals surface area contributed by atoms with Crippen molar-refractivity contribution in [3.8, 4) is 0 Å². The zero-order chi connectivity index (χ0) is 18.6. The lowest BCUT2D eigenvalue weighted by atomic mass is 10.0. The normalized spacial score (nSPS) is 12.5. The fourth-order valence-electron chi connectivity index (χ4n) is 2.86. The van der Waals surface area contributed by atoms with Gasteiger partial charge >= 0.3 is 0 Å². The van der Waals surface area contributed by atoms with Crippen molar-refractivity contribution in [3.05, 3.63) is 70.2 Å². The summed E-state index contributed by atoms with van der Waals surface area (Å²) in [6.07, 6.45) is 5.47. The molecule has 0 unspecified atom stereocenters. The molecule has 1 aromatic heterocycles. The van der Waals surface area contributed by atoms with Gasteiger partial charge < -0.3 is 10.3 Å². The molecular formula is C20H22ClFN2O. The zero-order valence-corrected chi connectivity index (χ0v) is 15.4. The smallest absolute Gasteiger partial charge is 0.252 e. The molecule has 0 aliphatic carbocycles. The number of aromatic amines is 1. The third-order valence-corrected chi connectivity index (χ3v) is 4.31. The van der Waals surface area contributed by atoms with E-state index in [9.17, 15) is 9.18 Å². The van der Waals surface area contributed by atoms with Gasteiger partial charge in [-0.1, -0.05) is 36.4 Å². The topological polar surface area (TPSA) is 44.9 Å². The van der Waals surface area contributed by atoms with E-state index >= 15 is 0 Å². The average Bonchev–Trinajstić information content (AvgIpc) is 2.89. The molecule has 1 aromatic carbocycles. The molecule has 0 bridgehead atoms.